The highest BCUT2D eigenvalue weighted by molar-refractivity contribution is 5.39. The van der Waals surface area contributed by atoms with Gasteiger partial charge in [-0.2, -0.15) is 5.10 Å². The molecule has 2 aliphatic rings. The van der Waals surface area contributed by atoms with Gasteiger partial charge in [-0.15, -0.1) is 5.10 Å². The van der Waals surface area contributed by atoms with E-state index in [0.717, 1.165) is 25.3 Å². The van der Waals surface area contributed by atoms with Crippen LogP contribution in [0.3, 0.4) is 0 Å². The summed E-state index contributed by atoms with van der Waals surface area (Å²) in [6, 6.07) is 4.53. The molecule has 1 atom stereocenters. The molecule has 4 nitrogen and oxygen atoms in total. The number of anilines is 1. The minimum Gasteiger partial charge on any atom is -0.354 e. The van der Waals surface area contributed by atoms with E-state index in [1.807, 2.05) is 0 Å². The van der Waals surface area contributed by atoms with Crippen LogP contribution in [-0.2, 0) is 0 Å². The first-order valence-electron chi connectivity index (χ1n) is 6.17. The Hall–Kier alpha value is -1.16. The van der Waals surface area contributed by atoms with Crippen molar-refractivity contribution >= 4 is 5.82 Å². The van der Waals surface area contributed by atoms with Gasteiger partial charge in [0.1, 0.15) is 0 Å². The number of hydrogen-bond acceptors (Lipinski definition) is 4. The number of nitrogens with zero attached hydrogens (tertiary/aromatic N) is 3. The van der Waals surface area contributed by atoms with Gasteiger partial charge in [0.05, 0.1) is 5.69 Å². The third-order valence-corrected chi connectivity index (χ3v) is 3.74. The molecule has 1 unspecified atom stereocenters. The normalized spacial score (nSPS) is 25.8. The Balaban J connectivity index is 1.71. The molecule has 0 bridgehead atoms. The first-order valence-corrected chi connectivity index (χ1v) is 6.17. The third kappa shape index (κ3) is 1.78. The second-order valence-corrected chi connectivity index (χ2v) is 4.94. The minimum atomic E-state index is 0.299. The molecule has 2 N–H and O–H groups in total. The Kier molecular flexibility index (Phi) is 2.52. The van der Waals surface area contributed by atoms with E-state index in [-0.39, 0.29) is 0 Å². The van der Waals surface area contributed by atoms with Crippen molar-refractivity contribution in [1.82, 2.24) is 10.2 Å². The fourth-order valence-corrected chi connectivity index (χ4v) is 2.42. The van der Waals surface area contributed by atoms with Crippen LogP contribution in [0.25, 0.3) is 0 Å². The van der Waals surface area contributed by atoms with E-state index in [0.29, 0.717) is 12.0 Å². The van der Waals surface area contributed by atoms with Crippen LogP contribution >= 0.6 is 0 Å². The smallest absolute Gasteiger partial charge is 0.151 e. The van der Waals surface area contributed by atoms with Gasteiger partial charge in [-0.1, -0.05) is 6.42 Å². The zero-order valence-corrected chi connectivity index (χ0v) is 9.47. The van der Waals surface area contributed by atoms with Gasteiger partial charge >= 0.3 is 0 Å². The largest absolute Gasteiger partial charge is 0.354 e. The Morgan fingerprint density at radius 1 is 1.19 bits per heavy atom. The van der Waals surface area contributed by atoms with Gasteiger partial charge in [-0.3, -0.25) is 0 Å². The standard InChI is InChI=1S/C12H18N4/c13-10-6-7-16(8-10)12-5-4-11(14-15-12)9-2-1-3-9/h4-5,9-10H,1-3,6-8,13H2. The van der Waals surface area contributed by atoms with Crippen molar-refractivity contribution in [2.24, 2.45) is 5.73 Å². The van der Waals surface area contributed by atoms with E-state index in [2.05, 4.69) is 27.2 Å². The summed E-state index contributed by atoms with van der Waals surface area (Å²) < 4.78 is 0. The SMILES string of the molecule is NC1CCN(c2ccc(C3CCC3)nn2)C1. The van der Waals surface area contributed by atoms with Crippen LogP contribution in [0.1, 0.15) is 37.3 Å². The molecular weight excluding hydrogens is 200 g/mol. The highest BCUT2D eigenvalue weighted by Gasteiger charge is 2.23. The van der Waals surface area contributed by atoms with Gasteiger partial charge in [-0.05, 0) is 31.4 Å². The van der Waals surface area contributed by atoms with Crippen LogP contribution < -0.4 is 10.6 Å². The van der Waals surface area contributed by atoms with Crippen LogP contribution in [0.15, 0.2) is 12.1 Å². The summed E-state index contributed by atoms with van der Waals surface area (Å²) in [7, 11) is 0. The van der Waals surface area contributed by atoms with E-state index >= 15 is 0 Å². The van der Waals surface area contributed by atoms with Crippen LogP contribution in [-0.4, -0.2) is 29.3 Å². The molecule has 0 radical (unpaired) electrons. The minimum absolute atomic E-state index is 0.299. The van der Waals surface area contributed by atoms with Gasteiger partial charge in [0, 0.05) is 25.0 Å². The second-order valence-electron chi connectivity index (χ2n) is 4.94. The molecule has 0 spiro atoms. The van der Waals surface area contributed by atoms with Gasteiger partial charge in [0.25, 0.3) is 0 Å². The van der Waals surface area contributed by atoms with E-state index in [1.165, 1.54) is 25.0 Å². The van der Waals surface area contributed by atoms with E-state index < -0.39 is 0 Å². The molecule has 3 rings (SSSR count). The highest BCUT2D eigenvalue weighted by Crippen LogP contribution is 2.35. The molecule has 1 saturated heterocycles. The topological polar surface area (TPSA) is 55.0 Å². The third-order valence-electron chi connectivity index (χ3n) is 3.74. The van der Waals surface area contributed by atoms with Crippen molar-refractivity contribution in [3.63, 3.8) is 0 Å². The highest BCUT2D eigenvalue weighted by atomic mass is 15.3. The molecule has 2 heterocycles. The molecule has 16 heavy (non-hydrogen) atoms. The number of rotatable bonds is 2. The Morgan fingerprint density at radius 3 is 2.56 bits per heavy atom. The fraction of sp³-hybridized carbons (Fsp3) is 0.667. The summed E-state index contributed by atoms with van der Waals surface area (Å²) in [5, 5.41) is 8.66. The van der Waals surface area contributed by atoms with Crippen molar-refractivity contribution in [2.45, 2.75) is 37.6 Å². The fourth-order valence-electron chi connectivity index (χ4n) is 2.42. The number of hydrogen-bond donors (Lipinski definition) is 1. The molecule has 2 fully saturated rings. The Bertz CT molecular complexity index is 358. The lowest BCUT2D eigenvalue weighted by atomic mass is 9.83. The maximum Gasteiger partial charge on any atom is 0.151 e. The van der Waals surface area contributed by atoms with Crippen molar-refractivity contribution < 1.29 is 0 Å². The molecule has 0 aromatic carbocycles. The summed E-state index contributed by atoms with van der Waals surface area (Å²) in [4.78, 5) is 2.22. The molecule has 1 aliphatic heterocycles. The first-order chi connectivity index (χ1) is 7.83. The Morgan fingerprint density at radius 2 is 2.06 bits per heavy atom. The lowest BCUT2D eigenvalue weighted by molar-refractivity contribution is 0.408. The van der Waals surface area contributed by atoms with Gasteiger partial charge < -0.3 is 10.6 Å². The average Bonchev–Trinajstić information content (AvgIpc) is 2.63. The van der Waals surface area contributed by atoms with Crippen molar-refractivity contribution in [3.05, 3.63) is 17.8 Å². The predicted molar refractivity (Wildman–Crippen MR) is 63.4 cm³/mol. The molecular formula is C12H18N4. The van der Waals surface area contributed by atoms with Crippen molar-refractivity contribution in [1.29, 1.82) is 0 Å². The van der Waals surface area contributed by atoms with Gasteiger partial charge in [0.15, 0.2) is 5.82 Å². The molecule has 1 aromatic rings. The zero-order chi connectivity index (χ0) is 11.0. The average molecular weight is 218 g/mol. The van der Waals surface area contributed by atoms with E-state index in [9.17, 15) is 0 Å². The number of aromatic nitrogens is 2. The van der Waals surface area contributed by atoms with Crippen LogP contribution in [0.5, 0.6) is 0 Å². The lowest BCUT2D eigenvalue weighted by Crippen LogP contribution is -2.27. The van der Waals surface area contributed by atoms with E-state index in [4.69, 9.17) is 5.73 Å². The van der Waals surface area contributed by atoms with Crippen LogP contribution in [0.2, 0.25) is 0 Å². The number of nitrogens with two attached hydrogens (primary N) is 1. The van der Waals surface area contributed by atoms with Crippen molar-refractivity contribution in [3.8, 4) is 0 Å². The summed E-state index contributed by atoms with van der Waals surface area (Å²) in [6.07, 6.45) is 4.96. The van der Waals surface area contributed by atoms with Crippen LogP contribution in [0.4, 0.5) is 5.82 Å². The summed E-state index contributed by atoms with van der Waals surface area (Å²) in [5.41, 5.74) is 7.05. The molecule has 0 amide bonds. The predicted octanol–water partition coefficient (Wildman–Crippen LogP) is 1.28. The maximum atomic E-state index is 5.88. The second kappa shape index (κ2) is 4.01. The molecule has 4 heteroatoms. The zero-order valence-electron chi connectivity index (χ0n) is 9.47. The maximum absolute atomic E-state index is 5.88. The molecule has 1 saturated carbocycles. The summed E-state index contributed by atoms with van der Waals surface area (Å²) >= 11 is 0. The molecule has 1 aromatic heterocycles. The molecule has 1 aliphatic carbocycles. The first kappa shape index (κ1) is 10.0. The quantitative estimate of drug-likeness (QED) is 0.812. The lowest BCUT2D eigenvalue weighted by Gasteiger charge is -2.24. The summed E-state index contributed by atoms with van der Waals surface area (Å²) in [6.45, 7) is 1.93. The monoisotopic (exact) mass is 218 g/mol. The summed E-state index contributed by atoms with van der Waals surface area (Å²) in [5.74, 6) is 1.65. The molecule has 86 valence electrons. The van der Waals surface area contributed by atoms with Gasteiger partial charge in [0.2, 0.25) is 0 Å². The van der Waals surface area contributed by atoms with Crippen LogP contribution in [0, 0.1) is 0 Å². The van der Waals surface area contributed by atoms with E-state index in [1.54, 1.807) is 0 Å². The van der Waals surface area contributed by atoms with Crippen molar-refractivity contribution in [2.75, 3.05) is 18.0 Å². The Labute approximate surface area is 95.8 Å². The van der Waals surface area contributed by atoms with Gasteiger partial charge in [-0.25, -0.2) is 0 Å².